The lowest BCUT2D eigenvalue weighted by atomic mass is 9.52. The first-order valence-corrected chi connectivity index (χ1v) is 4.49. The van der Waals surface area contributed by atoms with Crippen LogP contribution in [0.4, 0.5) is 0 Å². The first-order chi connectivity index (χ1) is 6.27. The Morgan fingerprint density at radius 1 is 1.62 bits per heavy atom. The number of nitrogens with zero attached hydrogens (tertiary/aromatic N) is 1. The van der Waals surface area contributed by atoms with Crippen molar-refractivity contribution in [2.75, 3.05) is 0 Å². The van der Waals surface area contributed by atoms with Gasteiger partial charge in [0.05, 0.1) is 12.5 Å². The van der Waals surface area contributed by atoms with Gasteiger partial charge in [0, 0.05) is 0 Å². The third kappa shape index (κ3) is 0.913. The number of imidazole rings is 1. The van der Waals surface area contributed by atoms with Crippen molar-refractivity contribution in [1.29, 1.82) is 0 Å². The molecule has 13 heavy (non-hydrogen) atoms. The van der Waals surface area contributed by atoms with Crippen molar-refractivity contribution in [1.82, 2.24) is 9.97 Å². The van der Waals surface area contributed by atoms with E-state index in [1.807, 2.05) is 0 Å². The number of ether oxygens (including phenoxy) is 1. The third-order valence-corrected chi connectivity index (χ3v) is 3.01. The number of hydrogen-bond donors (Lipinski definition) is 1. The number of aromatic nitrogens is 2. The van der Waals surface area contributed by atoms with Gasteiger partial charge in [-0.3, -0.25) is 0 Å². The summed E-state index contributed by atoms with van der Waals surface area (Å²) in [6.45, 7) is 0. The number of carbonyl (C=O) groups excluding carboxylic acids is 1. The number of aromatic amines is 1. The van der Waals surface area contributed by atoms with E-state index in [0.717, 1.165) is 25.2 Å². The van der Waals surface area contributed by atoms with Crippen molar-refractivity contribution >= 4 is 5.97 Å². The molecule has 1 heterocycles. The van der Waals surface area contributed by atoms with E-state index in [-0.39, 0.29) is 11.6 Å². The molecule has 3 saturated carbocycles. The molecule has 3 fully saturated rings. The Hall–Kier alpha value is -1.32. The van der Waals surface area contributed by atoms with E-state index < -0.39 is 0 Å². The molecule has 0 aliphatic heterocycles. The minimum Gasteiger partial charge on any atom is -0.454 e. The molecule has 0 atom stereocenters. The average molecular weight is 178 g/mol. The van der Waals surface area contributed by atoms with Crippen LogP contribution >= 0.6 is 0 Å². The Morgan fingerprint density at radius 3 is 2.85 bits per heavy atom. The molecule has 0 saturated heterocycles. The van der Waals surface area contributed by atoms with Crippen molar-refractivity contribution in [2.24, 2.45) is 5.92 Å². The second-order valence-electron chi connectivity index (χ2n) is 4.02. The molecule has 1 aromatic rings. The molecule has 1 N–H and O–H groups in total. The number of carbonyl (C=O) groups is 1. The number of H-pyrrole nitrogens is 1. The maximum Gasteiger partial charge on any atom is 0.356 e. The first kappa shape index (κ1) is 7.12. The fourth-order valence-corrected chi connectivity index (χ4v) is 2.14. The lowest BCUT2D eigenvalue weighted by Gasteiger charge is -2.59. The van der Waals surface area contributed by atoms with Gasteiger partial charge in [0.2, 0.25) is 0 Å². The molecule has 0 amide bonds. The van der Waals surface area contributed by atoms with Crippen LogP contribution in [-0.4, -0.2) is 21.5 Å². The van der Waals surface area contributed by atoms with Crippen molar-refractivity contribution in [3.8, 4) is 0 Å². The van der Waals surface area contributed by atoms with E-state index in [2.05, 4.69) is 9.97 Å². The molecule has 4 nitrogen and oxygen atoms in total. The fraction of sp³-hybridized carbons (Fsp3) is 0.556. The van der Waals surface area contributed by atoms with Gasteiger partial charge < -0.3 is 9.72 Å². The third-order valence-electron chi connectivity index (χ3n) is 3.01. The zero-order valence-electron chi connectivity index (χ0n) is 7.12. The van der Waals surface area contributed by atoms with Crippen molar-refractivity contribution in [3.05, 3.63) is 18.2 Å². The number of hydrogen-bond acceptors (Lipinski definition) is 3. The Balaban J connectivity index is 1.70. The van der Waals surface area contributed by atoms with Crippen LogP contribution in [0.15, 0.2) is 12.5 Å². The molecular formula is C9H10N2O2. The van der Waals surface area contributed by atoms with Crippen LogP contribution in [0.5, 0.6) is 0 Å². The van der Waals surface area contributed by atoms with Gasteiger partial charge in [-0.15, -0.1) is 0 Å². The van der Waals surface area contributed by atoms with Crippen LogP contribution in [0.25, 0.3) is 0 Å². The van der Waals surface area contributed by atoms with Gasteiger partial charge in [-0.05, 0) is 25.2 Å². The Kier molecular flexibility index (Phi) is 1.17. The molecule has 68 valence electrons. The smallest absolute Gasteiger partial charge is 0.356 e. The van der Waals surface area contributed by atoms with E-state index in [1.54, 1.807) is 0 Å². The highest BCUT2D eigenvalue weighted by atomic mass is 16.6. The minimum atomic E-state index is -0.268. The summed E-state index contributed by atoms with van der Waals surface area (Å²) in [5, 5.41) is 0. The maximum absolute atomic E-state index is 11.4. The molecule has 4 rings (SSSR count). The summed E-state index contributed by atoms with van der Waals surface area (Å²) in [6, 6.07) is 0. The van der Waals surface area contributed by atoms with Crippen LogP contribution in [0.3, 0.4) is 0 Å². The quantitative estimate of drug-likeness (QED) is 0.690. The van der Waals surface area contributed by atoms with Crippen LogP contribution in [0.1, 0.15) is 29.8 Å². The van der Waals surface area contributed by atoms with E-state index in [0.29, 0.717) is 5.69 Å². The number of esters is 1. The van der Waals surface area contributed by atoms with Gasteiger partial charge in [-0.1, -0.05) is 0 Å². The monoisotopic (exact) mass is 178 g/mol. The molecule has 0 radical (unpaired) electrons. The van der Waals surface area contributed by atoms with Crippen LogP contribution in [0.2, 0.25) is 0 Å². The molecule has 3 aliphatic rings. The summed E-state index contributed by atoms with van der Waals surface area (Å²) >= 11 is 0. The summed E-state index contributed by atoms with van der Waals surface area (Å²) in [5.41, 5.74) is 0.358. The number of nitrogens with one attached hydrogen (secondary N) is 1. The Morgan fingerprint density at radius 2 is 2.38 bits per heavy atom. The Bertz CT molecular complexity index is 327. The molecule has 1 aromatic heterocycles. The highest BCUT2D eigenvalue weighted by Gasteiger charge is 2.59. The molecule has 2 bridgehead atoms. The second-order valence-corrected chi connectivity index (χ2v) is 4.02. The van der Waals surface area contributed by atoms with Gasteiger partial charge >= 0.3 is 5.97 Å². The first-order valence-electron chi connectivity index (χ1n) is 4.49. The standard InChI is InChI=1S/C9H10N2O2/c12-8(7-4-10-5-11-7)13-9-1-6(2-9)3-9/h4-6H,1-3H2,(H,10,11). The fourth-order valence-electron chi connectivity index (χ4n) is 2.14. The van der Waals surface area contributed by atoms with E-state index >= 15 is 0 Å². The van der Waals surface area contributed by atoms with Gasteiger partial charge in [0.25, 0.3) is 0 Å². The van der Waals surface area contributed by atoms with Crippen molar-refractivity contribution in [2.45, 2.75) is 24.9 Å². The lowest BCUT2D eigenvalue weighted by molar-refractivity contribution is -0.191. The number of rotatable bonds is 2. The van der Waals surface area contributed by atoms with E-state index in [9.17, 15) is 4.79 Å². The topological polar surface area (TPSA) is 55.0 Å². The minimum absolute atomic E-state index is 0.0904. The zero-order valence-corrected chi connectivity index (χ0v) is 7.12. The molecule has 0 unspecified atom stereocenters. The van der Waals surface area contributed by atoms with Gasteiger partial charge in [0.15, 0.2) is 0 Å². The summed E-state index contributed by atoms with van der Waals surface area (Å²) in [6.07, 6.45) is 6.17. The molecule has 0 spiro atoms. The summed E-state index contributed by atoms with van der Waals surface area (Å²) < 4.78 is 5.37. The van der Waals surface area contributed by atoms with E-state index in [1.165, 1.54) is 12.5 Å². The molecule has 4 heteroatoms. The predicted molar refractivity (Wildman–Crippen MR) is 44.1 cm³/mol. The lowest BCUT2D eigenvalue weighted by Crippen LogP contribution is -2.60. The molecular weight excluding hydrogens is 168 g/mol. The maximum atomic E-state index is 11.4. The zero-order chi connectivity index (χ0) is 8.89. The summed E-state index contributed by atoms with van der Waals surface area (Å²) in [7, 11) is 0. The second kappa shape index (κ2) is 2.13. The predicted octanol–water partition coefficient (Wildman–Crippen LogP) is 1.12. The Labute approximate surface area is 75.3 Å². The van der Waals surface area contributed by atoms with E-state index in [4.69, 9.17) is 4.74 Å². The van der Waals surface area contributed by atoms with Crippen molar-refractivity contribution < 1.29 is 9.53 Å². The largest absolute Gasteiger partial charge is 0.454 e. The highest BCUT2D eigenvalue weighted by Crippen LogP contribution is 2.59. The van der Waals surface area contributed by atoms with Crippen molar-refractivity contribution in [3.63, 3.8) is 0 Å². The highest BCUT2D eigenvalue weighted by molar-refractivity contribution is 5.87. The molecule has 0 aromatic carbocycles. The molecule has 3 aliphatic carbocycles. The van der Waals surface area contributed by atoms with Crippen LogP contribution in [0, 0.1) is 5.92 Å². The van der Waals surface area contributed by atoms with Crippen LogP contribution < -0.4 is 0 Å². The van der Waals surface area contributed by atoms with Gasteiger partial charge in [0.1, 0.15) is 11.3 Å². The summed E-state index contributed by atoms with van der Waals surface area (Å²) in [5.74, 6) is 0.560. The summed E-state index contributed by atoms with van der Waals surface area (Å²) in [4.78, 5) is 18.0. The van der Waals surface area contributed by atoms with Crippen LogP contribution in [-0.2, 0) is 4.74 Å². The SMILES string of the molecule is O=C(OC12CC(C1)C2)c1cnc[nH]1. The van der Waals surface area contributed by atoms with Gasteiger partial charge in [-0.25, -0.2) is 9.78 Å². The van der Waals surface area contributed by atoms with Gasteiger partial charge in [-0.2, -0.15) is 0 Å². The average Bonchev–Trinajstić information content (AvgIpc) is 2.45. The normalized spacial score (nSPS) is 34.6.